The van der Waals surface area contributed by atoms with Gasteiger partial charge in [0.2, 0.25) is 0 Å². The van der Waals surface area contributed by atoms with Crippen LogP contribution in [0.1, 0.15) is 26.7 Å². The number of carbonyl (C=O) groups is 1. The predicted molar refractivity (Wildman–Crippen MR) is 82.2 cm³/mol. The minimum atomic E-state index is -0.280. The average molecular weight is 295 g/mol. The second-order valence-electron chi connectivity index (χ2n) is 5.18. The minimum absolute atomic E-state index is 0.219. The fraction of sp³-hybridized carbons (Fsp3) is 0.562. The van der Waals surface area contributed by atoms with Gasteiger partial charge in [-0.15, -0.1) is 0 Å². The van der Waals surface area contributed by atoms with Crippen molar-refractivity contribution in [3.05, 3.63) is 24.3 Å². The van der Waals surface area contributed by atoms with Crippen molar-refractivity contribution < 1.29 is 19.0 Å². The first-order valence-corrected chi connectivity index (χ1v) is 7.29. The number of nitrogens with two attached hydrogens (primary N) is 1. The fourth-order valence-corrected chi connectivity index (χ4v) is 1.52. The SMILES string of the molecule is CC(C)CCOCCOC(=O)CCOc1ccc(N)cc1. The van der Waals surface area contributed by atoms with Gasteiger partial charge in [-0.2, -0.15) is 0 Å². The number of hydrogen-bond donors (Lipinski definition) is 1. The maximum atomic E-state index is 11.5. The van der Waals surface area contributed by atoms with E-state index >= 15 is 0 Å². The lowest BCUT2D eigenvalue weighted by Gasteiger charge is -2.08. The lowest BCUT2D eigenvalue weighted by atomic mass is 10.1. The summed E-state index contributed by atoms with van der Waals surface area (Å²) in [6.45, 7) is 6.01. The monoisotopic (exact) mass is 295 g/mol. The van der Waals surface area contributed by atoms with Crippen LogP contribution in [0.5, 0.6) is 5.75 Å². The van der Waals surface area contributed by atoms with E-state index in [0.717, 1.165) is 6.42 Å². The van der Waals surface area contributed by atoms with Crippen molar-refractivity contribution in [2.45, 2.75) is 26.7 Å². The summed E-state index contributed by atoms with van der Waals surface area (Å²) in [5.74, 6) is 1.03. The standard InChI is InChI=1S/C16H25NO4/c1-13(2)7-9-19-11-12-21-16(18)8-10-20-15-5-3-14(17)4-6-15/h3-6,13H,7-12,17H2,1-2H3. The predicted octanol–water partition coefficient (Wildman–Crippen LogP) is 2.64. The van der Waals surface area contributed by atoms with Crippen LogP contribution in [0.15, 0.2) is 24.3 Å². The van der Waals surface area contributed by atoms with Crippen molar-refractivity contribution in [1.29, 1.82) is 0 Å². The molecule has 0 aliphatic carbocycles. The van der Waals surface area contributed by atoms with Crippen LogP contribution >= 0.6 is 0 Å². The van der Waals surface area contributed by atoms with Crippen molar-refractivity contribution in [1.82, 2.24) is 0 Å². The van der Waals surface area contributed by atoms with Crippen molar-refractivity contribution in [3.63, 3.8) is 0 Å². The van der Waals surface area contributed by atoms with Crippen molar-refractivity contribution >= 4 is 11.7 Å². The maximum absolute atomic E-state index is 11.5. The Labute approximate surface area is 126 Å². The van der Waals surface area contributed by atoms with E-state index in [-0.39, 0.29) is 19.0 Å². The summed E-state index contributed by atoms with van der Waals surface area (Å²) in [6.07, 6.45) is 1.24. The largest absolute Gasteiger partial charge is 0.493 e. The molecule has 0 saturated heterocycles. The number of esters is 1. The first-order valence-electron chi connectivity index (χ1n) is 7.29. The molecule has 1 aromatic rings. The lowest BCUT2D eigenvalue weighted by Crippen LogP contribution is -2.14. The summed E-state index contributed by atoms with van der Waals surface area (Å²) in [5, 5.41) is 0. The quantitative estimate of drug-likeness (QED) is 0.408. The number of benzene rings is 1. The number of carbonyl (C=O) groups excluding carboxylic acids is 1. The minimum Gasteiger partial charge on any atom is -0.493 e. The zero-order chi connectivity index (χ0) is 15.5. The van der Waals surface area contributed by atoms with Crippen LogP contribution in [-0.4, -0.2) is 32.4 Å². The molecular formula is C16H25NO4. The van der Waals surface area contributed by atoms with E-state index in [1.807, 2.05) is 0 Å². The van der Waals surface area contributed by atoms with Gasteiger partial charge in [0.15, 0.2) is 0 Å². The molecule has 0 aliphatic rings. The molecule has 0 bridgehead atoms. The van der Waals surface area contributed by atoms with E-state index in [4.69, 9.17) is 19.9 Å². The molecule has 0 fully saturated rings. The molecule has 2 N–H and O–H groups in total. The van der Waals surface area contributed by atoms with Gasteiger partial charge >= 0.3 is 5.97 Å². The third-order valence-corrected chi connectivity index (χ3v) is 2.79. The Balaban J connectivity index is 2.00. The summed E-state index contributed by atoms with van der Waals surface area (Å²) in [5.41, 5.74) is 6.25. The van der Waals surface area contributed by atoms with E-state index in [2.05, 4.69) is 13.8 Å². The van der Waals surface area contributed by atoms with Gasteiger partial charge in [0.1, 0.15) is 12.4 Å². The molecule has 0 aliphatic heterocycles. The summed E-state index contributed by atoms with van der Waals surface area (Å²) in [7, 11) is 0. The van der Waals surface area contributed by atoms with E-state index in [1.165, 1.54) is 0 Å². The van der Waals surface area contributed by atoms with Gasteiger partial charge in [-0.1, -0.05) is 13.8 Å². The molecule has 1 rings (SSSR count). The van der Waals surface area contributed by atoms with Crippen molar-refractivity contribution in [3.8, 4) is 5.75 Å². The lowest BCUT2D eigenvalue weighted by molar-refractivity contribution is -0.145. The van der Waals surface area contributed by atoms with Gasteiger partial charge in [-0.25, -0.2) is 0 Å². The number of anilines is 1. The van der Waals surface area contributed by atoms with Crippen LogP contribution in [-0.2, 0) is 14.3 Å². The second-order valence-corrected chi connectivity index (χ2v) is 5.18. The molecular weight excluding hydrogens is 270 g/mol. The number of nitrogen functional groups attached to an aromatic ring is 1. The van der Waals surface area contributed by atoms with E-state index in [0.29, 0.717) is 37.2 Å². The van der Waals surface area contributed by atoms with Crippen molar-refractivity contribution in [2.24, 2.45) is 5.92 Å². The summed E-state index contributed by atoms with van der Waals surface area (Å²) in [6, 6.07) is 7.04. The van der Waals surface area contributed by atoms with Gasteiger partial charge in [0.05, 0.1) is 19.6 Å². The zero-order valence-electron chi connectivity index (χ0n) is 12.8. The third-order valence-electron chi connectivity index (χ3n) is 2.79. The molecule has 5 heteroatoms. The van der Waals surface area contributed by atoms with Gasteiger partial charge in [0.25, 0.3) is 0 Å². The smallest absolute Gasteiger partial charge is 0.309 e. The van der Waals surface area contributed by atoms with Crippen molar-refractivity contribution in [2.75, 3.05) is 32.2 Å². The van der Waals surface area contributed by atoms with Crippen LogP contribution in [0.2, 0.25) is 0 Å². The van der Waals surface area contributed by atoms with Gasteiger partial charge in [-0.05, 0) is 36.6 Å². The maximum Gasteiger partial charge on any atom is 0.309 e. The molecule has 0 heterocycles. The second kappa shape index (κ2) is 10.0. The van der Waals surface area contributed by atoms with E-state index < -0.39 is 0 Å². The Kier molecular flexibility index (Phi) is 8.28. The van der Waals surface area contributed by atoms with E-state index in [9.17, 15) is 4.79 Å². The Morgan fingerprint density at radius 3 is 2.48 bits per heavy atom. The molecule has 0 spiro atoms. The molecule has 1 aromatic carbocycles. The highest BCUT2D eigenvalue weighted by molar-refractivity contribution is 5.69. The van der Waals surface area contributed by atoms with Crippen LogP contribution in [0.4, 0.5) is 5.69 Å². The molecule has 0 unspecified atom stereocenters. The highest BCUT2D eigenvalue weighted by Gasteiger charge is 2.03. The average Bonchev–Trinajstić information content (AvgIpc) is 2.44. The highest BCUT2D eigenvalue weighted by atomic mass is 16.6. The van der Waals surface area contributed by atoms with E-state index in [1.54, 1.807) is 24.3 Å². The number of ether oxygens (including phenoxy) is 3. The van der Waals surface area contributed by atoms with Crippen LogP contribution in [0, 0.1) is 5.92 Å². The molecule has 0 amide bonds. The van der Waals surface area contributed by atoms with Crippen LogP contribution in [0.3, 0.4) is 0 Å². The Morgan fingerprint density at radius 1 is 1.10 bits per heavy atom. The molecule has 118 valence electrons. The molecule has 0 aromatic heterocycles. The first kappa shape index (κ1) is 17.3. The molecule has 0 radical (unpaired) electrons. The zero-order valence-corrected chi connectivity index (χ0v) is 12.8. The molecule has 0 saturated carbocycles. The topological polar surface area (TPSA) is 70.8 Å². The van der Waals surface area contributed by atoms with Crippen LogP contribution in [0.25, 0.3) is 0 Å². The van der Waals surface area contributed by atoms with Gasteiger partial charge < -0.3 is 19.9 Å². The number of hydrogen-bond acceptors (Lipinski definition) is 5. The summed E-state index contributed by atoms with van der Waals surface area (Å²) >= 11 is 0. The highest BCUT2D eigenvalue weighted by Crippen LogP contribution is 2.13. The molecule has 5 nitrogen and oxygen atoms in total. The molecule has 0 atom stereocenters. The fourth-order valence-electron chi connectivity index (χ4n) is 1.52. The Morgan fingerprint density at radius 2 is 1.81 bits per heavy atom. The molecule has 21 heavy (non-hydrogen) atoms. The third kappa shape index (κ3) is 8.92. The Hall–Kier alpha value is -1.75. The normalized spacial score (nSPS) is 10.6. The summed E-state index contributed by atoms with van der Waals surface area (Å²) < 4.78 is 15.8. The number of rotatable bonds is 10. The van der Waals surface area contributed by atoms with Gasteiger partial charge in [0, 0.05) is 12.3 Å². The van der Waals surface area contributed by atoms with Crippen LogP contribution < -0.4 is 10.5 Å². The summed E-state index contributed by atoms with van der Waals surface area (Å²) in [4.78, 5) is 11.5. The first-order chi connectivity index (χ1) is 10.1. The van der Waals surface area contributed by atoms with Gasteiger partial charge in [-0.3, -0.25) is 4.79 Å². The Bertz CT molecular complexity index is 403.